The van der Waals surface area contributed by atoms with E-state index in [2.05, 4.69) is 20.9 Å². The number of ether oxygens (including phenoxy) is 1. The molecule has 2 aliphatic rings. The Bertz CT molecular complexity index is 2200. The molecule has 1 saturated carbocycles. The lowest BCUT2D eigenvalue weighted by Gasteiger charge is -2.41. The molecule has 1 amide bonds. The van der Waals surface area contributed by atoms with Gasteiger partial charge in [0.15, 0.2) is 0 Å². The molecular formula is C38H37Cl3N6O4. The Morgan fingerprint density at radius 2 is 1.71 bits per heavy atom. The van der Waals surface area contributed by atoms with Crippen LogP contribution in [0.5, 0.6) is 5.88 Å². The van der Waals surface area contributed by atoms with Gasteiger partial charge < -0.3 is 25.8 Å². The van der Waals surface area contributed by atoms with Crippen LogP contribution in [0.15, 0.2) is 71.8 Å². The number of carbonyl (C=O) groups is 1. The van der Waals surface area contributed by atoms with Crippen LogP contribution in [-0.4, -0.2) is 56.7 Å². The molecule has 1 aliphatic heterocycles. The predicted molar refractivity (Wildman–Crippen MR) is 201 cm³/mol. The van der Waals surface area contributed by atoms with Gasteiger partial charge in [-0.2, -0.15) is 0 Å². The number of amides is 1. The normalized spacial score (nSPS) is 20.0. The van der Waals surface area contributed by atoms with Gasteiger partial charge in [0.1, 0.15) is 5.65 Å². The van der Waals surface area contributed by atoms with Crippen LogP contribution in [0.4, 0.5) is 0 Å². The van der Waals surface area contributed by atoms with Crippen molar-refractivity contribution in [1.29, 1.82) is 0 Å². The van der Waals surface area contributed by atoms with Gasteiger partial charge in [-0.05, 0) is 49.9 Å². The van der Waals surface area contributed by atoms with Crippen LogP contribution in [0, 0.1) is 0 Å². The van der Waals surface area contributed by atoms with Gasteiger partial charge in [-0.15, -0.1) is 0 Å². The monoisotopic (exact) mass is 746 g/mol. The SMILES string of the molecule is COc1nc(-c2cccc(-c3cccc(-c4ccn5c(=O)c(CNC6CC(C)(O)C6)cnc5c4)c3Cl)c2Cl)cc(Cl)c1CNCC1CCC(=O)N1. The number of fused-ring (bicyclic) bond motifs is 1. The quantitative estimate of drug-likeness (QED) is 0.122. The molecule has 1 saturated heterocycles. The highest BCUT2D eigenvalue weighted by Gasteiger charge is 2.37. The highest BCUT2D eigenvalue weighted by Crippen LogP contribution is 2.43. The Morgan fingerprint density at radius 3 is 2.39 bits per heavy atom. The lowest BCUT2D eigenvalue weighted by Crippen LogP contribution is -2.51. The number of aromatic nitrogens is 3. The van der Waals surface area contributed by atoms with Gasteiger partial charge in [0.25, 0.3) is 5.56 Å². The number of pyridine rings is 2. The number of benzene rings is 2. The van der Waals surface area contributed by atoms with Crippen LogP contribution >= 0.6 is 34.8 Å². The van der Waals surface area contributed by atoms with E-state index in [1.807, 2.05) is 55.5 Å². The van der Waals surface area contributed by atoms with Crippen LogP contribution in [0.2, 0.25) is 15.1 Å². The van der Waals surface area contributed by atoms with Crippen molar-refractivity contribution in [3.63, 3.8) is 0 Å². The van der Waals surface area contributed by atoms with E-state index in [1.165, 1.54) is 4.40 Å². The number of methoxy groups -OCH3 is 1. The molecule has 3 aromatic heterocycles. The fourth-order valence-corrected chi connectivity index (χ4v) is 7.80. The van der Waals surface area contributed by atoms with Gasteiger partial charge in [-0.1, -0.05) is 71.2 Å². The summed E-state index contributed by atoms with van der Waals surface area (Å²) in [5, 5.41) is 21.0. The Kier molecular flexibility index (Phi) is 10.1. The molecule has 1 unspecified atom stereocenters. The Balaban J connectivity index is 1.13. The minimum Gasteiger partial charge on any atom is -0.481 e. The van der Waals surface area contributed by atoms with Crippen LogP contribution in [0.1, 0.15) is 43.7 Å². The summed E-state index contributed by atoms with van der Waals surface area (Å²) in [4.78, 5) is 34.1. The van der Waals surface area contributed by atoms with Crippen molar-refractivity contribution in [2.45, 2.75) is 63.4 Å². The first-order valence-electron chi connectivity index (χ1n) is 16.8. The summed E-state index contributed by atoms with van der Waals surface area (Å²) in [6.45, 7) is 3.22. The summed E-state index contributed by atoms with van der Waals surface area (Å²) in [6.07, 6.45) is 5.96. The van der Waals surface area contributed by atoms with Crippen molar-refractivity contribution in [2.75, 3.05) is 13.7 Å². The largest absolute Gasteiger partial charge is 0.481 e. The van der Waals surface area contributed by atoms with E-state index in [-0.39, 0.29) is 23.6 Å². The third-order valence-electron chi connectivity index (χ3n) is 9.61. The maximum Gasteiger partial charge on any atom is 0.262 e. The number of carbonyl (C=O) groups excluding carboxylic acids is 1. The molecule has 0 bridgehead atoms. The van der Waals surface area contributed by atoms with Gasteiger partial charge in [0.2, 0.25) is 11.8 Å². The van der Waals surface area contributed by atoms with Crippen LogP contribution in [-0.2, 0) is 17.9 Å². The number of hydrogen-bond acceptors (Lipinski definition) is 8. The highest BCUT2D eigenvalue weighted by molar-refractivity contribution is 6.39. The van der Waals surface area contributed by atoms with Crippen molar-refractivity contribution in [1.82, 2.24) is 30.3 Å². The topological polar surface area (TPSA) is 130 Å². The van der Waals surface area contributed by atoms with E-state index >= 15 is 0 Å². The molecule has 51 heavy (non-hydrogen) atoms. The zero-order valence-electron chi connectivity index (χ0n) is 28.1. The van der Waals surface area contributed by atoms with Crippen molar-refractivity contribution >= 4 is 46.4 Å². The molecule has 4 heterocycles. The van der Waals surface area contributed by atoms with Crippen LogP contribution in [0.3, 0.4) is 0 Å². The molecule has 7 rings (SSSR count). The van der Waals surface area contributed by atoms with E-state index in [9.17, 15) is 14.7 Å². The molecule has 0 spiro atoms. The second kappa shape index (κ2) is 14.5. The first-order chi connectivity index (χ1) is 24.5. The molecule has 1 atom stereocenters. The van der Waals surface area contributed by atoms with Gasteiger partial charge in [0.05, 0.1) is 39.0 Å². The number of aliphatic hydroxyl groups is 1. The minimum atomic E-state index is -0.639. The number of halogens is 3. The number of nitrogens with zero attached hydrogens (tertiary/aromatic N) is 3. The molecule has 2 aromatic carbocycles. The summed E-state index contributed by atoms with van der Waals surface area (Å²) in [5.41, 5.74) is 5.15. The third-order valence-corrected chi connectivity index (χ3v) is 10.8. The van der Waals surface area contributed by atoms with Crippen molar-refractivity contribution in [3.05, 3.63) is 104 Å². The van der Waals surface area contributed by atoms with Gasteiger partial charge in [0, 0.05) is 78.3 Å². The lowest BCUT2D eigenvalue weighted by molar-refractivity contribution is -0.119. The molecule has 0 radical (unpaired) electrons. The summed E-state index contributed by atoms with van der Waals surface area (Å²) < 4.78 is 7.16. The first-order valence-corrected chi connectivity index (χ1v) is 17.9. The molecule has 13 heteroatoms. The summed E-state index contributed by atoms with van der Waals surface area (Å²) in [5.74, 6) is 0.446. The average molecular weight is 748 g/mol. The molecule has 5 aromatic rings. The first kappa shape index (κ1) is 35.4. The smallest absolute Gasteiger partial charge is 0.262 e. The molecule has 10 nitrogen and oxygen atoms in total. The fourth-order valence-electron chi connectivity index (χ4n) is 6.89. The van der Waals surface area contributed by atoms with Crippen molar-refractivity contribution in [3.8, 4) is 39.4 Å². The predicted octanol–water partition coefficient (Wildman–Crippen LogP) is 6.43. The molecule has 1 aliphatic carbocycles. The zero-order chi connectivity index (χ0) is 35.9. The molecular weight excluding hydrogens is 711 g/mol. The standard InChI is InChI=1S/C38H37Cl3N6O4/c1-38(50)15-24(16-38)43-17-22-18-44-32-13-21(11-12-47(32)37(22)49)25-5-3-6-26(34(25)40)27-7-4-8-28(35(27)41)31-14-30(39)29(36(46-31)51-2)20-42-19-23-9-10-33(48)45-23/h3-8,11-14,18,23-24,42-43,50H,9-10,15-17,19-20H2,1-2H3,(H,45,48). The minimum absolute atomic E-state index is 0.0689. The summed E-state index contributed by atoms with van der Waals surface area (Å²) in [6, 6.07) is 17.1. The van der Waals surface area contributed by atoms with Crippen molar-refractivity contribution < 1.29 is 14.6 Å². The maximum atomic E-state index is 13.3. The van der Waals surface area contributed by atoms with E-state index in [1.54, 1.807) is 25.6 Å². The lowest BCUT2D eigenvalue weighted by atomic mass is 9.77. The van der Waals surface area contributed by atoms with Crippen LogP contribution < -0.4 is 26.2 Å². The average Bonchev–Trinajstić information content (AvgIpc) is 3.52. The van der Waals surface area contributed by atoms with Crippen molar-refractivity contribution in [2.24, 2.45) is 0 Å². The van der Waals surface area contributed by atoms with E-state index in [0.29, 0.717) is 93.4 Å². The molecule has 4 N–H and O–H groups in total. The Morgan fingerprint density at radius 1 is 1.00 bits per heavy atom. The number of rotatable bonds is 11. The Labute approximate surface area is 310 Å². The van der Waals surface area contributed by atoms with E-state index in [0.717, 1.165) is 23.1 Å². The van der Waals surface area contributed by atoms with E-state index < -0.39 is 5.60 Å². The highest BCUT2D eigenvalue weighted by atomic mass is 35.5. The zero-order valence-corrected chi connectivity index (χ0v) is 30.4. The molecule has 2 fully saturated rings. The van der Waals surface area contributed by atoms with Crippen LogP contribution in [0.25, 0.3) is 39.2 Å². The Hall–Kier alpha value is -4.03. The fraction of sp³-hybridized carbons (Fsp3) is 0.316. The third kappa shape index (κ3) is 7.35. The van der Waals surface area contributed by atoms with E-state index in [4.69, 9.17) is 44.5 Å². The van der Waals surface area contributed by atoms with Gasteiger partial charge in [-0.25, -0.2) is 9.97 Å². The van der Waals surface area contributed by atoms with Gasteiger partial charge in [-0.3, -0.25) is 14.0 Å². The number of nitrogens with one attached hydrogen (secondary N) is 3. The second-order valence-electron chi connectivity index (χ2n) is 13.5. The second-order valence-corrected chi connectivity index (χ2v) is 14.6. The summed E-state index contributed by atoms with van der Waals surface area (Å²) in [7, 11) is 1.55. The summed E-state index contributed by atoms with van der Waals surface area (Å²) >= 11 is 21.0. The number of hydrogen-bond donors (Lipinski definition) is 4. The van der Waals surface area contributed by atoms with Gasteiger partial charge >= 0.3 is 0 Å². The molecule has 264 valence electrons. The maximum absolute atomic E-state index is 13.3.